The van der Waals surface area contributed by atoms with Crippen LogP contribution in [0.4, 0.5) is 0 Å². The molecule has 1 unspecified atom stereocenters. The zero-order chi connectivity index (χ0) is 14.8. The molecular weight excluding hydrogens is 340 g/mol. The highest BCUT2D eigenvalue weighted by Crippen LogP contribution is 2.36. The normalized spacial score (nSPS) is 13.8. The molecule has 0 amide bonds. The Labute approximate surface area is 132 Å². The lowest BCUT2D eigenvalue weighted by Crippen LogP contribution is -2.23. The molecule has 2 rings (SSSR count). The molecule has 2 aromatic rings. The standard InChI is InChI=1S/C16H16BrClO2/c1-3-20-13-7-4-11(5-8-13)16(2,19)14-10-12(17)6-9-15(14)18/h4-10,19H,3H2,1-2H3. The van der Waals surface area contributed by atoms with Crippen LogP contribution in [0.2, 0.25) is 5.02 Å². The third-order valence-electron chi connectivity index (χ3n) is 3.18. The first-order valence-corrected chi connectivity index (χ1v) is 7.53. The van der Waals surface area contributed by atoms with Crippen LogP contribution in [-0.2, 0) is 5.60 Å². The summed E-state index contributed by atoms with van der Waals surface area (Å²) < 4.78 is 6.28. The largest absolute Gasteiger partial charge is 0.494 e. The van der Waals surface area contributed by atoms with Crippen LogP contribution in [0.25, 0.3) is 0 Å². The Hall–Kier alpha value is -1.03. The molecule has 0 aliphatic rings. The molecule has 4 heteroatoms. The van der Waals surface area contributed by atoms with Gasteiger partial charge in [-0.05, 0) is 49.7 Å². The Kier molecular flexibility index (Phi) is 4.74. The van der Waals surface area contributed by atoms with Gasteiger partial charge >= 0.3 is 0 Å². The summed E-state index contributed by atoms with van der Waals surface area (Å²) in [5.74, 6) is 0.785. The van der Waals surface area contributed by atoms with Crippen molar-refractivity contribution in [2.75, 3.05) is 6.61 Å². The van der Waals surface area contributed by atoms with Gasteiger partial charge in [0, 0.05) is 15.1 Å². The van der Waals surface area contributed by atoms with Gasteiger partial charge in [-0.3, -0.25) is 0 Å². The fourth-order valence-electron chi connectivity index (χ4n) is 2.07. The first-order chi connectivity index (χ1) is 9.45. The minimum absolute atomic E-state index is 0.534. The Morgan fingerprint density at radius 1 is 1.20 bits per heavy atom. The van der Waals surface area contributed by atoms with Crippen LogP contribution in [0.15, 0.2) is 46.9 Å². The zero-order valence-electron chi connectivity index (χ0n) is 11.4. The molecule has 0 fully saturated rings. The summed E-state index contributed by atoms with van der Waals surface area (Å²) in [7, 11) is 0. The van der Waals surface area contributed by atoms with Crippen molar-refractivity contribution in [3.8, 4) is 5.75 Å². The van der Waals surface area contributed by atoms with Gasteiger partial charge in [-0.2, -0.15) is 0 Å². The van der Waals surface area contributed by atoms with Crippen molar-refractivity contribution in [2.24, 2.45) is 0 Å². The van der Waals surface area contributed by atoms with Gasteiger partial charge in [-0.25, -0.2) is 0 Å². The van der Waals surface area contributed by atoms with Crippen molar-refractivity contribution in [1.82, 2.24) is 0 Å². The van der Waals surface area contributed by atoms with Gasteiger partial charge in [0.05, 0.1) is 6.61 Å². The second-order valence-electron chi connectivity index (χ2n) is 4.65. The van der Waals surface area contributed by atoms with E-state index in [0.717, 1.165) is 15.8 Å². The van der Waals surface area contributed by atoms with E-state index in [0.29, 0.717) is 17.2 Å². The SMILES string of the molecule is CCOc1ccc(C(C)(O)c2cc(Br)ccc2Cl)cc1. The maximum atomic E-state index is 10.8. The highest BCUT2D eigenvalue weighted by atomic mass is 79.9. The summed E-state index contributed by atoms with van der Waals surface area (Å²) in [6.45, 7) is 4.29. The molecule has 106 valence electrons. The first-order valence-electron chi connectivity index (χ1n) is 6.36. The van der Waals surface area contributed by atoms with Gasteiger partial charge in [-0.15, -0.1) is 0 Å². The molecular formula is C16H16BrClO2. The van der Waals surface area contributed by atoms with Crippen LogP contribution in [-0.4, -0.2) is 11.7 Å². The zero-order valence-corrected chi connectivity index (χ0v) is 13.7. The number of aliphatic hydroxyl groups is 1. The molecule has 1 atom stereocenters. The second kappa shape index (κ2) is 6.17. The van der Waals surface area contributed by atoms with E-state index >= 15 is 0 Å². The van der Waals surface area contributed by atoms with E-state index in [1.54, 1.807) is 13.0 Å². The Balaban J connectivity index is 2.40. The van der Waals surface area contributed by atoms with E-state index in [1.807, 2.05) is 43.3 Å². The summed E-state index contributed by atoms with van der Waals surface area (Å²) in [6.07, 6.45) is 0. The molecule has 0 saturated heterocycles. The van der Waals surface area contributed by atoms with E-state index in [1.165, 1.54) is 0 Å². The monoisotopic (exact) mass is 354 g/mol. The van der Waals surface area contributed by atoms with Crippen LogP contribution in [0, 0.1) is 0 Å². The van der Waals surface area contributed by atoms with Crippen molar-refractivity contribution in [3.63, 3.8) is 0 Å². The lowest BCUT2D eigenvalue weighted by atomic mass is 9.88. The molecule has 0 bridgehead atoms. The number of benzene rings is 2. The second-order valence-corrected chi connectivity index (χ2v) is 5.98. The molecule has 0 aliphatic heterocycles. The van der Waals surface area contributed by atoms with E-state index in [4.69, 9.17) is 16.3 Å². The fraction of sp³-hybridized carbons (Fsp3) is 0.250. The highest BCUT2D eigenvalue weighted by Gasteiger charge is 2.28. The van der Waals surface area contributed by atoms with E-state index < -0.39 is 5.60 Å². The summed E-state index contributed by atoms with van der Waals surface area (Å²) in [5.41, 5.74) is 0.268. The van der Waals surface area contributed by atoms with E-state index in [-0.39, 0.29) is 0 Å². The van der Waals surface area contributed by atoms with Gasteiger partial charge in [0.25, 0.3) is 0 Å². The van der Waals surface area contributed by atoms with Crippen LogP contribution < -0.4 is 4.74 Å². The van der Waals surface area contributed by atoms with Gasteiger partial charge in [0.1, 0.15) is 11.4 Å². The maximum absolute atomic E-state index is 10.8. The average Bonchev–Trinajstić information content (AvgIpc) is 2.42. The molecule has 0 heterocycles. The van der Waals surface area contributed by atoms with E-state index in [9.17, 15) is 5.11 Å². The van der Waals surface area contributed by atoms with Crippen molar-refractivity contribution >= 4 is 27.5 Å². The van der Waals surface area contributed by atoms with Crippen molar-refractivity contribution in [2.45, 2.75) is 19.4 Å². The Morgan fingerprint density at radius 2 is 1.85 bits per heavy atom. The molecule has 2 nitrogen and oxygen atoms in total. The van der Waals surface area contributed by atoms with Crippen LogP contribution in [0.3, 0.4) is 0 Å². The number of halogens is 2. The van der Waals surface area contributed by atoms with Crippen LogP contribution >= 0.6 is 27.5 Å². The molecule has 2 aromatic carbocycles. The molecule has 0 spiro atoms. The first kappa shape index (κ1) is 15.4. The van der Waals surface area contributed by atoms with Crippen molar-refractivity contribution in [3.05, 3.63) is 63.1 Å². The highest BCUT2D eigenvalue weighted by molar-refractivity contribution is 9.10. The molecule has 0 aromatic heterocycles. The minimum Gasteiger partial charge on any atom is -0.494 e. The number of ether oxygens (including phenoxy) is 1. The summed E-state index contributed by atoms with van der Waals surface area (Å²) in [5, 5.41) is 11.4. The predicted octanol–water partition coefficient (Wildman–Crippen LogP) is 4.76. The van der Waals surface area contributed by atoms with Gasteiger partial charge in [-0.1, -0.05) is 39.7 Å². The van der Waals surface area contributed by atoms with Crippen LogP contribution in [0.1, 0.15) is 25.0 Å². The van der Waals surface area contributed by atoms with Gasteiger partial charge in [0.2, 0.25) is 0 Å². The summed E-state index contributed by atoms with van der Waals surface area (Å²) in [4.78, 5) is 0. The van der Waals surface area contributed by atoms with Gasteiger partial charge < -0.3 is 9.84 Å². The lowest BCUT2D eigenvalue weighted by Gasteiger charge is -2.26. The molecule has 1 N–H and O–H groups in total. The smallest absolute Gasteiger partial charge is 0.119 e. The molecule has 20 heavy (non-hydrogen) atoms. The number of rotatable bonds is 4. The quantitative estimate of drug-likeness (QED) is 0.857. The fourth-order valence-corrected chi connectivity index (χ4v) is 2.73. The third kappa shape index (κ3) is 3.17. The third-order valence-corrected chi connectivity index (χ3v) is 4.00. The lowest BCUT2D eigenvalue weighted by molar-refractivity contribution is 0.102. The average molecular weight is 356 g/mol. The predicted molar refractivity (Wildman–Crippen MR) is 85.4 cm³/mol. The van der Waals surface area contributed by atoms with Crippen molar-refractivity contribution in [1.29, 1.82) is 0 Å². The maximum Gasteiger partial charge on any atom is 0.119 e. The van der Waals surface area contributed by atoms with E-state index in [2.05, 4.69) is 15.9 Å². The Bertz CT molecular complexity index is 594. The molecule has 0 aliphatic carbocycles. The number of hydrogen-bond donors (Lipinski definition) is 1. The summed E-state index contributed by atoms with van der Waals surface area (Å²) in [6, 6.07) is 12.8. The topological polar surface area (TPSA) is 29.5 Å². The summed E-state index contributed by atoms with van der Waals surface area (Å²) >= 11 is 9.61. The minimum atomic E-state index is -1.16. The Morgan fingerprint density at radius 3 is 2.45 bits per heavy atom. The number of hydrogen-bond acceptors (Lipinski definition) is 2. The van der Waals surface area contributed by atoms with Gasteiger partial charge in [0.15, 0.2) is 0 Å². The van der Waals surface area contributed by atoms with Crippen molar-refractivity contribution < 1.29 is 9.84 Å². The molecule has 0 saturated carbocycles. The molecule has 0 radical (unpaired) electrons. The van der Waals surface area contributed by atoms with Crippen LogP contribution in [0.5, 0.6) is 5.75 Å².